The zero-order chi connectivity index (χ0) is 29.9. The number of benzene rings is 6. The van der Waals surface area contributed by atoms with E-state index in [1.807, 2.05) is 54.6 Å². The van der Waals surface area contributed by atoms with E-state index in [1.54, 1.807) is 23.5 Å². The number of rotatable bonds is 3. The average molecular weight is 614 g/mol. The molecule has 0 saturated heterocycles. The smallest absolute Gasteiger partial charge is 0.207 e. The van der Waals surface area contributed by atoms with E-state index in [1.165, 1.54) is 43.0 Å². The Bertz CT molecular complexity index is 2750. The summed E-state index contributed by atoms with van der Waals surface area (Å²) in [6.45, 7) is 0. The number of fused-ring (bicyclic) bond motifs is 9. The van der Waals surface area contributed by atoms with E-state index in [0.29, 0.717) is 9.79 Å². The summed E-state index contributed by atoms with van der Waals surface area (Å²) in [4.78, 5) is 2.05. The molecule has 212 valence electrons. The Labute approximate surface area is 263 Å². The first-order valence-corrected chi connectivity index (χ1v) is 17.3. The molecule has 0 N–H and O–H groups in total. The number of nitrogens with zero attached hydrogens (tertiary/aromatic N) is 1. The Morgan fingerprint density at radius 2 is 1.02 bits per heavy atom. The first kappa shape index (κ1) is 25.1. The fourth-order valence-corrected chi connectivity index (χ4v) is 9.85. The van der Waals surface area contributed by atoms with Crippen LogP contribution in [0, 0.1) is 0 Å². The van der Waals surface area contributed by atoms with Gasteiger partial charge in [-0.1, -0.05) is 84.9 Å². The van der Waals surface area contributed by atoms with Crippen molar-refractivity contribution in [2.45, 2.75) is 9.79 Å². The van der Waals surface area contributed by atoms with E-state index in [0.717, 1.165) is 38.9 Å². The minimum atomic E-state index is -3.55. The fraction of sp³-hybridized carbons (Fsp3) is 0. The van der Waals surface area contributed by atoms with E-state index >= 15 is 0 Å². The zero-order valence-electron chi connectivity index (χ0n) is 23.9. The SMILES string of the molecule is O=S1(=O)c2ccc(-c3ccccc3)cc2-c2cc(-c3ccc(-c4cc5c6ccccc6n6c7sccc7c(c4)c56)cc3)ccc21. The van der Waals surface area contributed by atoms with Crippen molar-refractivity contribution in [2.75, 3.05) is 0 Å². The monoisotopic (exact) mass is 613 g/mol. The molecule has 0 unspecified atom stereocenters. The highest BCUT2D eigenvalue weighted by Gasteiger charge is 2.33. The number of sulfone groups is 1. The van der Waals surface area contributed by atoms with Crippen molar-refractivity contribution >= 4 is 58.6 Å². The topological polar surface area (TPSA) is 38.5 Å². The van der Waals surface area contributed by atoms with Crippen molar-refractivity contribution in [1.82, 2.24) is 4.40 Å². The molecular weight excluding hydrogens is 591 g/mol. The van der Waals surface area contributed by atoms with Crippen molar-refractivity contribution in [3.05, 3.63) is 139 Å². The third-order valence-electron chi connectivity index (χ3n) is 9.39. The summed E-state index contributed by atoms with van der Waals surface area (Å²) in [6, 6.07) is 45.7. The van der Waals surface area contributed by atoms with Crippen molar-refractivity contribution in [2.24, 2.45) is 0 Å². The quantitative estimate of drug-likeness (QED) is 0.199. The molecule has 1 aliphatic rings. The van der Waals surface area contributed by atoms with Crippen LogP contribution in [0.25, 0.3) is 81.9 Å². The van der Waals surface area contributed by atoms with Crippen LogP contribution in [0.5, 0.6) is 0 Å². The maximum atomic E-state index is 13.4. The first-order chi connectivity index (χ1) is 22.1. The Kier molecular flexibility index (Phi) is 4.98. The van der Waals surface area contributed by atoms with Gasteiger partial charge in [0, 0.05) is 32.7 Å². The van der Waals surface area contributed by atoms with Crippen LogP contribution in [0.1, 0.15) is 0 Å². The van der Waals surface area contributed by atoms with Gasteiger partial charge in [0.05, 0.1) is 20.8 Å². The predicted octanol–water partition coefficient (Wildman–Crippen LogP) is 10.7. The van der Waals surface area contributed by atoms with Crippen LogP contribution in [0.15, 0.2) is 149 Å². The predicted molar refractivity (Wildman–Crippen MR) is 186 cm³/mol. The Morgan fingerprint density at radius 3 is 1.71 bits per heavy atom. The van der Waals surface area contributed by atoms with Gasteiger partial charge in [0.2, 0.25) is 9.84 Å². The highest BCUT2D eigenvalue weighted by Crippen LogP contribution is 2.47. The summed E-state index contributed by atoms with van der Waals surface area (Å²) >= 11 is 1.79. The van der Waals surface area contributed by atoms with Gasteiger partial charge in [-0.25, -0.2) is 8.42 Å². The van der Waals surface area contributed by atoms with Crippen molar-refractivity contribution in [3.63, 3.8) is 0 Å². The van der Waals surface area contributed by atoms with Crippen molar-refractivity contribution in [1.29, 1.82) is 0 Å². The lowest BCUT2D eigenvalue weighted by atomic mass is 9.95. The molecule has 0 aliphatic carbocycles. The van der Waals surface area contributed by atoms with E-state index in [2.05, 4.69) is 76.5 Å². The van der Waals surface area contributed by atoms with Crippen molar-refractivity contribution in [3.8, 4) is 44.5 Å². The van der Waals surface area contributed by atoms with Gasteiger partial charge in [-0.3, -0.25) is 4.40 Å². The molecule has 0 saturated carbocycles. The molecule has 3 aromatic heterocycles. The molecule has 0 atom stereocenters. The first-order valence-electron chi connectivity index (χ1n) is 14.9. The molecule has 9 aromatic rings. The standard InChI is InChI=1S/C40H23NO2S2/c42-45(43)37-16-14-27(24-6-2-1-3-7-24)20-32(37)33-21-28(15-17-38(33)45)25-10-12-26(13-11-25)29-22-34-30-8-4-5-9-36(30)41-39(34)35(23-29)31-18-19-44-40(31)41/h1-23H. The lowest BCUT2D eigenvalue weighted by molar-refractivity contribution is 0.598. The van der Waals surface area contributed by atoms with Gasteiger partial charge in [-0.15, -0.1) is 11.3 Å². The molecule has 1 aliphatic heterocycles. The van der Waals surface area contributed by atoms with Gasteiger partial charge < -0.3 is 0 Å². The number of hydrogen-bond donors (Lipinski definition) is 0. The summed E-state index contributed by atoms with van der Waals surface area (Å²) in [6.07, 6.45) is 0. The third kappa shape index (κ3) is 3.42. The van der Waals surface area contributed by atoms with Gasteiger partial charge in [-0.05, 0) is 87.3 Å². The van der Waals surface area contributed by atoms with Gasteiger partial charge in [0.25, 0.3) is 0 Å². The van der Waals surface area contributed by atoms with Gasteiger partial charge in [0.1, 0.15) is 4.83 Å². The highest BCUT2D eigenvalue weighted by molar-refractivity contribution is 7.92. The summed E-state index contributed by atoms with van der Waals surface area (Å²) in [5.74, 6) is 0. The second-order valence-electron chi connectivity index (χ2n) is 11.8. The molecule has 3 nitrogen and oxygen atoms in total. The molecule has 10 rings (SSSR count). The van der Waals surface area contributed by atoms with Crippen LogP contribution in [0.3, 0.4) is 0 Å². The molecule has 0 fully saturated rings. The summed E-state index contributed by atoms with van der Waals surface area (Å²) in [7, 11) is -3.55. The van der Waals surface area contributed by atoms with Crippen LogP contribution in [-0.4, -0.2) is 12.8 Å². The summed E-state index contributed by atoms with van der Waals surface area (Å²) in [5, 5.41) is 7.31. The van der Waals surface area contributed by atoms with Gasteiger partial charge >= 0.3 is 0 Å². The molecular formula is C40H23NO2S2. The maximum absolute atomic E-state index is 13.4. The molecule has 45 heavy (non-hydrogen) atoms. The second-order valence-corrected chi connectivity index (χ2v) is 14.6. The molecule has 0 spiro atoms. The highest BCUT2D eigenvalue weighted by atomic mass is 32.2. The summed E-state index contributed by atoms with van der Waals surface area (Å²) in [5.41, 5.74) is 10.5. The molecule has 4 heterocycles. The zero-order valence-corrected chi connectivity index (χ0v) is 25.5. The lowest BCUT2D eigenvalue weighted by Crippen LogP contribution is -1.96. The average Bonchev–Trinajstić information content (AvgIpc) is 3.82. The van der Waals surface area contributed by atoms with Crippen LogP contribution in [0.2, 0.25) is 0 Å². The third-order valence-corrected chi connectivity index (χ3v) is 12.2. The van der Waals surface area contributed by atoms with Crippen LogP contribution in [0.4, 0.5) is 0 Å². The Balaban J connectivity index is 1.08. The van der Waals surface area contributed by atoms with E-state index in [4.69, 9.17) is 0 Å². The maximum Gasteiger partial charge on any atom is 0.207 e. The number of para-hydroxylation sites is 1. The molecule has 0 radical (unpaired) electrons. The van der Waals surface area contributed by atoms with Gasteiger partial charge in [-0.2, -0.15) is 0 Å². The molecule has 0 bridgehead atoms. The van der Waals surface area contributed by atoms with E-state index < -0.39 is 9.84 Å². The largest absolute Gasteiger partial charge is 0.300 e. The fourth-order valence-electron chi connectivity index (χ4n) is 7.27. The summed E-state index contributed by atoms with van der Waals surface area (Å²) < 4.78 is 29.3. The molecule has 6 aromatic carbocycles. The second kappa shape index (κ2) is 8.91. The number of aromatic nitrogens is 1. The van der Waals surface area contributed by atoms with Crippen LogP contribution < -0.4 is 0 Å². The van der Waals surface area contributed by atoms with E-state index in [-0.39, 0.29) is 0 Å². The van der Waals surface area contributed by atoms with Crippen LogP contribution >= 0.6 is 11.3 Å². The number of thiophene rings is 1. The number of hydrogen-bond acceptors (Lipinski definition) is 3. The molecule has 5 heteroatoms. The molecule has 0 amide bonds. The van der Waals surface area contributed by atoms with Gasteiger partial charge in [0.15, 0.2) is 0 Å². The Morgan fingerprint density at radius 1 is 0.467 bits per heavy atom. The minimum absolute atomic E-state index is 0.376. The Hall–Kier alpha value is -5.23. The van der Waals surface area contributed by atoms with Crippen LogP contribution in [-0.2, 0) is 9.84 Å². The van der Waals surface area contributed by atoms with E-state index in [9.17, 15) is 8.42 Å². The van der Waals surface area contributed by atoms with Crippen molar-refractivity contribution < 1.29 is 8.42 Å². The minimum Gasteiger partial charge on any atom is -0.300 e. The normalized spacial score (nSPS) is 13.7. The lowest BCUT2D eigenvalue weighted by Gasteiger charge is -2.09.